The number of benzene rings is 1. The lowest BCUT2D eigenvalue weighted by atomic mass is 9.78. The minimum absolute atomic E-state index is 0.0283. The predicted octanol–water partition coefficient (Wildman–Crippen LogP) is 4.94. The normalized spacial score (nSPS) is 25.4. The summed E-state index contributed by atoms with van der Waals surface area (Å²) in [7, 11) is 0. The van der Waals surface area contributed by atoms with Gasteiger partial charge in [0.15, 0.2) is 0 Å². The van der Waals surface area contributed by atoms with Gasteiger partial charge in [-0.15, -0.1) is 11.6 Å². The lowest BCUT2D eigenvalue weighted by Crippen LogP contribution is -2.21. The number of carbonyl (C=O) groups is 1. The summed E-state index contributed by atoms with van der Waals surface area (Å²) >= 11 is 13.1. The average Bonchev–Trinajstić information content (AvgIpc) is 2.88. The monoisotopic (exact) mass is 311 g/mol. The summed E-state index contributed by atoms with van der Waals surface area (Å²) in [5.41, 5.74) is 3.07. The van der Waals surface area contributed by atoms with Crippen molar-refractivity contribution in [1.82, 2.24) is 0 Å². The van der Waals surface area contributed by atoms with E-state index in [9.17, 15) is 4.79 Å². The van der Waals surface area contributed by atoms with Gasteiger partial charge in [-0.25, -0.2) is 0 Å². The first-order valence-electron chi connectivity index (χ1n) is 7.15. The smallest absolute Gasteiger partial charge is 0.228 e. The highest BCUT2D eigenvalue weighted by molar-refractivity contribution is 6.33. The van der Waals surface area contributed by atoms with E-state index in [1.54, 1.807) is 0 Å². The molecule has 0 radical (unpaired) electrons. The molecule has 1 fully saturated rings. The van der Waals surface area contributed by atoms with E-state index in [0.717, 1.165) is 23.2 Å². The van der Waals surface area contributed by atoms with Crippen molar-refractivity contribution in [1.29, 1.82) is 0 Å². The fourth-order valence-corrected chi connectivity index (χ4v) is 4.58. The lowest BCUT2D eigenvalue weighted by molar-refractivity contribution is -0.115. The molecule has 108 valence electrons. The molecule has 4 heteroatoms. The van der Waals surface area contributed by atoms with Gasteiger partial charge < -0.3 is 5.32 Å². The molecule has 2 unspecified atom stereocenters. The molecular weight excluding hydrogens is 293 g/mol. The van der Waals surface area contributed by atoms with Gasteiger partial charge in [-0.1, -0.05) is 37.9 Å². The van der Waals surface area contributed by atoms with Crippen LogP contribution < -0.4 is 5.32 Å². The van der Waals surface area contributed by atoms with Gasteiger partial charge in [0.25, 0.3) is 0 Å². The quantitative estimate of drug-likeness (QED) is 0.770. The molecule has 0 spiro atoms. The van der Waals surface area contributed by atoms with E-state index < -0.39 is 0 Å². The second kappa shape index (κ2) is 4.92. The summed E-state index contributed by atoms with van der Waals surface area (Å²) in [5.74, 6) is 0.463. The molecule has 0 saturated heterocycles. The Hall–Kier alpha value is -0.730. The summed E-state index contributed by atoms with van der Waals surface area (Å²) in [6.07, 6.45) is 4.01. The molecule has 1 aliphatic heterocycles. The lowest BCUT2D eigenvalue weighted by Gasteiger charge is -2.31. The van der Waals surface area contributed by atoms with Gasteiger partial charge in [-0.3, -0.25) is 4.79 Å². The highest BCUT2D eigenvalue weighted by Crippen LogP contribution is 2.52. The highest BCUT2D eigenvalue weighted by Gasteiger charge is 2.40. The largest absolute Gasteiger partial charge is 0.325 e. The van der Waals surface area contributed by atoms with E-state index in [4.69, 9.17) is 23.2 Å². The van der Waals surface area contributed by atoms with E-state index in [0.29, 0.717) is 17.4 Å². The molecule has 1 aromatic carbocycles. The van der Waals surface area contributed by atoms with Crippen LogP contribution in [0.3, 0.4) is 0 Å². The summed E-state index contributed by atoms with van der Waals surface area (Å²) in [6, 6.07) is 3.86. The number of anilines is 1. The van der Waals surface area contributed by atoms with Gasteiger partial charge in [0.2, 0.25) is 5.91 Å². The summed E-state index contributed by atoms with van der Waals surface area (Å²) in [6.45, 7) is 4.57. The molecule has 2 atom stereocenters. The van der Waals surface area contributed by atoms with Crippen molar-refractivity contribution in [3.8, 4) is 0 Å². The Labute approximate surface area is 129 Å². The molecular formula is C16H19Cl2NO. The van der Waals surface area contributed by atoms with Crippen LogP contribution in [-0.2, 0) is 11.2 Å². The number of rotatable bonds is 2. The van der Waals surface area contributed by atoms with E-state index in [2.05, 4.69) is 19.2 Å². The molecule has 2 aliphatic rings. The van der Waals surface area contributed by atoms with Crippen LogP contribution in [0, 0.1) is 11.3 Å². The molecule has 0 bridgehead atoms. The second-order valence-corrected chi connectivity index (χ2v) is 7.52. The van der Waals surface area contributed by atoms with Crippen molar-refractivity contribution in [2.45, 2.75) is 44.9 Å². The molecule has 1 heterocycles. The van der Waals surface area contributed by atoms with Gasteiger partial charge in [0, 0.05) is 10.7 Å². The van der Waals surface area contributed by atoms with E-state index in [1.165, 1.54) is 12.8 Å². The highest BCUT2D eigenvalue weighted by atomic mass is 35.5. The predicted molar refractivity (Wildman–Crippen MR) is 83.5 cm³/mol. The average molecular weight is 312 g/mol. The zero-order valence-electron chi connectivity index (χ0n) is 11.8. The third-order valence-corrected chi connectivity index (χ3v) is 5.70. The number of halogens is 2. The summed E-state index contributed by atoms with van der Waals surface area (Å²) in [5, 5.41) is 3.40. The van der Waals surface area contributed by atoms with Crippen LogP contribution in [0.4, 0.5) is 5.69 Å². The van der Waals surface area contributed by atoms with E-state index in [1.807, 2.05) is 12.1 Å². The molecule has 0 aromatic heterocycles. The number of fused-ring (bicyclic) bond motifs is 1. The maximum absolute atomic E-state index is 11.5. The van der Waals surface area contributed by atoms with E-state index in [-0.39, 0.29) is 16.7 Å². The Balaban J connectivity index is 1.95. The zero-order valence-corrected chi connectivity index (χ0v) is 13.3. The number of nitrogens with one attached hydrogen (secondary N) is 1. The van der Waals surface area contributed by atoms with Crippen LogP contribution in [0.2, 0.25) is 5.02 Å². The van der Waals surface area contributed by atoms with Crippen LogP contribution in [0.25, 0.3) is 0 Å². The number of alkyl halides is 1. The van der Waals surface area contributed by atoms with Crippen LogP contribution >= 0.6 is 23.2 Å². The minimum atomic E-state index is -0.0824. The molecule has 1 amide bonds. The Morgan fingerprint density at radius 1 is 1.40 bits per heavy atom. The first-order chi connectivity index (χ1) is 9.38. The Morgan fingerprint density at radius 3 is 2.80 bits per heavy atom. The number of carbonyl (C=O) groups excluding carboxylic acids is 1. The number of hydrogen-bond acceptors (Lipinski definition) is 1. The number of hydrogen-bond donors (Lipinski definition) is 1. The Bertz CT molecular complexity index is 568. The van der Waals surface area contributed by atoms with Gasteiger partial charge in [0.1, 0.15) is 0 Å². The van der Waals surface area contributed by atoms with Crippen LogP contribution in [0.5, 0.6) is 0 Å². The Morgan fingerprint density at radius 2 is 2.15 bits per heavy atom. The zero-order chi connectivity index (χ0) is 14.5. The molecule has 20 heavy (non-hydrogen) atoms. The fraction of sp³-hybridized carbons (Fsp3) is 0.562. The van der Waals surface area contributed by atoms with Crippen LogP contribution in [0.15, 0.2) is 12.1 Å². The maximum Gasteiger partial charge on any atom is 0.228 e. The van der Waals surface area contributed by atoms with Gasteiger partial charge in [-0.05, 0) is 41.4 Å². The SMILES string of the molecule is CC1(C)CCCC1C(Cl)c1cc2c(cc1Cl)NC(=O)C2. The Kier molecular flexibility index (Phi) is 3.50. The topological polar surface area (TPSA) is 29.1 Å². The van der Waals surface area contributed by atoms with Crippen molar-refractivity contribution < 1.29 is 4.79 Å². The summed E-state index contributed by atoms with van der Waals surface area (Å²) < 4.78 is 0. The fourth-order valence-electron chi connectivity index (χ4n) is 3.59. The van der Waals surface area contributed by atoms with Crippen LogP contribution in [0.1, 0.15) is 49.6 Å². The molecule has 1 aromatic rings. The maximum atomic E-state index is 11.5. The van der Waals surface area contributed by atoms with Crippen molar-refractivity contribution in [2.24, 2.45) is 11.3 Å². The second-order valence-electron chi connectivity index (χ2n) is 6.64. The van der Waals surface area contributed by atoms with Gasteiger partial charge >= 0.3 is 0 Å². The third kappa shape index (κ3) is 2.33. The van der Waals surface area contributed by atoms with Gasteiger partial charge in [-0.2, -0.15) is 0 Å². The van der Waals surface area contributed by atoms with Crippen LogP contribution in [-0.4, -0.2) is 5.91 Å². The third-order valence-electron chi connectivity index (χ3n) is 4.84. The molecule has 1 aliphatic carbocycles. The van der Waals surface area contributed by atoms with Gasteiger partial charge in [0.05, 0.1) is 11.8 Å². The van der Waals surface area contributed by atoms with Crippen molar-refractivity contribution in [3.63, 3.8) is 0 Å². The molecule has 1 N–H and O–H groups in total. The first kappa shape index (κ1) is 14.2. The molecule has 1 saturated carbocycles. The standard InChI is InChI=1S/C16H19Cl2NO/c1-16(2)5-3-4-11(16)15(18)10-6-9-7-14(20)19-13(9)8-12(10)17/h6,8,11,15H,3-5,7H2,1-2H3,(H,19,20). The summed E-state index contributed by atoms with van der Waals surface area (Å²) in [4.78, 5) is 11.5. The molecule has 3 rings (SSSR count). The van der Waals surface area contributed by atoms with Crippen molar-refractivity contribution in [3.05, 3.63) is 28.3 Å². The first-order valence-corrected chi connectivity index (χ1v) is 7.96. The number of amides is 1. The minimum Gasteiger partial charge on any atom is -0.325 e. The van der Waals surface area contributed by atoms with Crippen molar-refractivity contribution in [2.75, 3.05) is 5.32 Å². The van der Waals surface area contributed by atoms with E-state index >= 15 is 0 Å². The van der Waals surface area contributed by atoms with Crippen molar-refractivity contribution >= 4 is 34.8 Å². The molecule has 2 nitrogen and oxygen atoms in total.